The predicted molar refractivity (Wildman–Crippen MR) is 72.7 cm³/mol. The fourth-order valence-corrected chi connectivity index (χ4v) is 1.08. The van der Waals surface area contributed by atoms with Crippen LogP contribution in [0.5, 0.6) is 0 Å². The summed E-state index contributed by atoms with van der Waals surface area (Å²) in [6.07, 6.45) is 1.65. The van der Waals surface area contributed by atoms with Gasteiger partial charge in [0, 0.05) is 0 Å². The summed E-state index contributed by atoms with van der Waals surface area (Å²) in [6.45, 7) is 0. The van der Waals surface area contributed by atoms with Crippen molar-refractivity contribution in [2.75, 3.05) is 14.2 Å². The summed E-state index contributed by atoms with van der Waals surface area (Å²) in [5.74, 6) is 0. The Labute approximate surface area is 115 Å². The number of hydrazone groups is 2. The number of carbonyl (C=O) groups excluding carboxylic acids is 2. The van der Waals surface area contributed by atoms with Crippen LogP contribution >= 0.6 is 0 Å². The van der Waals surface area contributed by atoms with Gasteiger partial charge in [0.2, 0.25) is 0 Å². The number of nitrogens with one attached hydrogen (secondary N) is 2. The molecule has 0 heterocycles. The molecule has 0 aliphatic rings. The van der Waals surface area contributed by atoms with Gasteiger partial charge in [-0.15, -0.1) is 0 Å². The van der Waals surface area contributed by atoms with E-state index in [1.54, 1.807) is 24.3 Å². The van der Waals surface area contributed by atoms with E-state index in [4.69, 9.17) is 0 Å². The van der Waals surface area contributed by atoms with Crippen LogP contribution in [0.3, 0.4) is 0 Å². The van der Waals surface area contributed by atoms with Crippen LogP contribution in [0.15, 0.2) is 34.5 Å². The van der Waals surface area contributed by atoms with Crippen LogP contribution < -0.4 is 10.9 Å². The average Bonchev–Trinajstić information content (AvgIpc) is 2.48. The van der Waals surface area contributed by atoms with Crippen molar-refractivity contribution in [3.05, 3.63) is 35.4 Å². The lowest BCUT2D eigenvalue weighted by Crippen LogP contribution is -2.16. The number of hydrogen-bond acceptors (Lipinski definition) is 6. The summed E-state index contributed by atoms with van der Waals surface area (Å²) in [6, 6.07) is 7.06. The normalized spacial score (nSPS) is 10.5. The molecule has 0 fully saturated rings. The molecule has 2 amide bonds. The third-order valence-corrected chi connectivity index (χ3v) is 2.05. The van der Waals surface area contributed by atoms with E-state index in [0.717, 1.165) is 11.1 Å². The number of hydrogen-bond donors (Lipinski definition) is 2. The first-order valence-electron chi connectivity index (χ1n) is 5.50. The first-order chi connectivity index (χ1) is 9.65. The van der Waals surface area contributed by atoms with E-state index in [1.165, 1.54) is 26.6 Å². The summed E-state index contributed by atoms with van der Waals surface area (Å²) >= 11 is 0. The first-order valence-corrected chi connectivity index (χ1v) is 5.50. The number of carbonyl (C=O) groups is 2. The Bertz CT molecular complexity index is 464. The molecule has 0 atom stereocenters. The second-order valence-corrected chi connectivity index (χ2v) is 3.39. The van der Waals surface area contributed by atoms with E-state index in [0.29, 0.717) is 0 Å². The van der Waals surface area contributed by atoms with E-state index in [2.05, 4.69) is 30.5 Å². The highest BCUT2D eigenvalue weighted by atomic mass is 16.5. The molecule has 8 nitrogen and oxygen atoms in total. The minimum Gasteiger partial charge on any atom is -0.452 e. The molecular weight excluding hydrogens is 264 g/mol. The molecule has 20 heavy (non-hydrogen) atoms. The SMILES string of the molecule is COC(=O)N/N=C\c1ccc(/C=N\NC(=O)OC)cc1. The quantitative estimate of drug-likeness (QED) is 0.635. The number of ether oxygens (including phenoxy) is 2. The highest BCUT2D eigenvalue weighted by Gasteiger charge is 1.95. The topological polar surface area (TPSA) is 101 Å². The molecule has 0 aliphatic heterocycles. The number of benzene rings is 1. The fraction of sp³-hybridized carbons (Fsp3) is 0.167. The van der Waals surface area contributed by atoms with Crippen molar-refractivity contribution in [1.82, 2.24) is 10.9 Å². The van der Waals surface area contributed by atoms with E-state index in [1.807, 2.05) is 0 Å². The van der Waals surface area contributed by atoms with Crippen LogP contribution in [0.2, 0.25) is 0 Å². The standard InChI is InChI=1S/C12H14N4O4/c1-19-11(17)15-13-7-9-3-5-10(6-4-9)8-14-16-12(18)20-2/h3-8H,1-2H3,(H,15,17)(H,16,18)/b13-7-,14-8-. The summed E-state index contributed by atoms with van der Waals surface area (Å²) in [7, 11) is 2.50. The maximum Gasteiger partial charge on any atom is 0.427 e. The summed E-state index contributed by atoms with van der Waals surface area (Å²) in [4.78, 5) is 21.5. The third-order valence-electron chi connectivity index (χ3n) is 2.05. The predicted octanol–water partition coefficient (Wildman–Crippen LogP) is 1.07. The summed E-state index contributed by atoms with van der Waals surface area (Å²) in [5, 5.41) is 7.36. The molecule has 0 saturated carbocycles. The lowest BCUT2D eigenvalue weighted by molar-refractivity contribution is 0.170. The molecule has 0 spiro atoms. The largest absolute Gasteiger partial charge is 0.452 e. The van der Waals surface area contributed by atoms with Gasteiger partial charge in [-0.3, -0.25) is 0 Å². The minimum absolute atomic E-state index is 0.640. The van der Waals surface area contributed by atoms with Crippen LogP contribution in [0.25, 0.3) is 0 Å². The van der Waals surface area contributed by atoms with Crippen LogP contribution in [0.1, 0.15) is 11.1 Å². The lowest BCUT2D eigenvalue weighted by atomic mass is 10.2. The van der Waals surface area contributed by atoms with Gasteiger partial charge < -0.3 is 9.47 Å². The van der Waals surface area contributed by atoms with Crippen molar-refractivity contribution < 1.29 is 19.1 Å². The van der Waals surface area contributed by atoms with E-state index < -0.39 is 12.2 Å². The monoisotopic (exact) mass is 278 g/mol. The molecule has 8 heteroatoms. The van der Waals surface area contributed by atoms with Gasteiger partial charge in [-0.1, -0.05) is 24.3 Å². The van der Waals surface area contributed by atoms with Crippen molar-refractivity contribution in [3.8, 4) is 0 Å². The smallest absolute Gasteiger partial charge is 0.427 e. The molecule has 1 rings (SSSR count). The Morgan fingerprint density at radius 2 is 1.25 bits per heavy atom. The van der Waals surface area contributed by atoms with Gasteiger partial charge in [0.05, 0.1) is 26.6 Å². The van der Waals surface area contributed by atoms with Gasteiger partial charge in [0.25, 0.3) is 0 Å². The van der Waals surface area contributed by atoms with Crippen molar-refractivity contribution >= 4 is 24.6 Å². The zero-order chi connectivity index (χ0) is 14.8. The van der Waals surface area contributed by atoms with Crippen LogP contribution in [0.4, 0.5) is 9.59 Å². The summed E-state index contributed by atoms with van der Waals surface area (Å²) in [5.41, 5.74) is 5.89. The van der Waals surface area contributed by atoms with Crippen LogP contribution in [-0.2, 0) is 9.47 Å². The molecule has 0 aliphatic carbocycles. The highest BCUT2D eigenvalue weighted by Crippen LogP contribution is 1.99. The van der Waals surface area contributed by atoms with Gasteiger partial charge >= 0.3 is 12.2 Å². The Morgan fingerprint density at radius 3 is 1.55 bits per heavy atom. The molecule has 1 aromatic rings. The van der Waals surface area contributed by atoms with Gasteiger partial charge in [-0.05, 0) is 11.1 Å². The zero-order valence-corrected chi connectivity index (χ0v) is 11.0. The third kappa shape index (κ3) is 5.63. The zero-order valence-electron chi connectivity index (χ0n) is 11.0. The van der Waals surface area contributed by atoms with Crippen LogP contribution in [-0.4, -0.2) is 38.8 Å². The van der Waals surface area contributed by atoms with Gasteiger partial charge in [0.15, 0.2) is 0 Å². The molecule has 0 unspecified atom stereocenters. The first kappa shape index (κ1) is 15.2. The van der Waals surface area contributed by atoms with Gasteiger partial charge in [-0.25, -0.2) is 20.4 Å². The Morgan fingerprint density at radius 1 is 0.900 bits per heavy atom. The van der Waals surface area contributed by atoms with Crippen molar-refractivity contribution in [3.63, 3.8) is 0 Å². The average molecular weight is 278 g/mol. The Balaban J connectivity index is 2.51. The van der Waals surface area contributed by atoms with Gasteiger partial charge in [-0.2, -0.15) is 10.2 Å². The molecule has 0 radical (unpaired) electrons. The van der Waals surface area contributed by atoms with Crippen molar-refractivity contribution in [2.24, 2.45) is 10.2 Å². The number of rotatable bonds is 4. The molecule has 1 aromatic carbocycles. The Kier molecular flexibility index (Phi) is 6.25. The minimum atomic E-state index is -0.640. The Hall–Kier alpha value is -2.90. The lowest BCUT2D eigenvalue weighted by Gasteiger charge is -1.98. The fourth-order valence-electron chi connectivity index (χ4n) is 1.08. The molecular formula is C12H14N4O4. The van der Waals surface area contributed by atoms with E-state index >= 15 is 0 Å². The van der Waals surface area contributed by atoms with Crippen molar-refractivity contribution in [2.45, 2.75) is 0 Å². The number of amides is 2. The molecule has 0 aromatic heterocycles. The molecule has 106 valence electrons. The second-order valence-electron chi connectivity index (χ2n) is 3.39. The van der Waals surface area contributed by atoms with Crippen molar-refractivity contribution in [1.29, 1.82) is 0 Å². The molecule has 0 saturated heterocycles. The summed E-state index contributed by atoms with van der Waals surface area (Å²) < 4.78 is 8.71. The van der Waals surface area contributed by atoms with E-state index in [9.17, 15) is 9.59 Å². The van der Waals surface area contributed by atoms with E-state index in [-0.39, 0.29) is 0 Å². The maximum absolute atomic E-state index is 10.7. The molecule has 2 N–H and O–H groups in total. The highest BCUT2D eigenvalue weighted by molar-refractivity contribution is 5.85. The number of nitrogens with zero attached hydrogens (tertiary/aromatic N) is 2. The van der Waals surface area contributed by atoms with Crippen LogP contribution in [0, 0.1) is 0 Å². The molecule has 0 bridgehead atoms. The number of methoxy groups -OCH3 is 2. The maximum atomic E-state index is 10.7. The van der Waals surface area contributed by atoms with Gasteiger partial charge in [0.1, 0.15) is 0 Å². The second kappa shape index (κ2) is 8.25.